The van der Waals surface area contributed by atoms with Gasteiger partial charge in [-0.25, -0.2) is 4.79 Å². The van der Waals surface area contributed by atoms with Gasteiger partial charge in [-0.3, -0.25) is 0 Å². The van der Waals surface area contributed by atoms with E-state index in [9.17, 15) is 4.79 Å². The molecule has 1 rings (SSSR count). The molecule has 1 fully saturated rings. The van der Waals surface area contributed by atoms with Gasteiger partial charge in [0.1, 0.15) is 0 Å². The van der Waals surface area contributed by atoms with Crippen LogP contribution >= 0.6 is 11.8 Å². The molecular formula is C10H19NO4S. The van der Waals surface area contributed by atoms with Crippen LogP contribution in [0.3, 0.4) is 0 Å². The number of amides is 1. The molecule has 1 aliphatic rings. The zero-order chi connectivity index (χ0) is 12.2. The van der Waals surface area contributed by atoms with Gasteiger partial charge in [0.05, 0.1) is 12.7 Å². The Morgan fingerprint density at radius 3 is 2.88 bits per heavy atom. The normalized spacial score (nSPS) is 28.7. The SMILES string of the molecule is CSCC1OC(C)(C)OCC1CNC(=O)O. The fourth-order valence-corrected chi connectivity index (χ4v) is 2.32. The Labute approximate surface area is 99.9 Å². The zero-order valence-corrected chi connectivity index (χ0v) is 10.7. The Kier molecular flexibility index (Phi) is 4.89. The summed E-state index contributed by atoms with van der Waals surface area (Å²) < 4.78 is 11.3. The smallest absolute Gasteiger partial charge is 0.404 e. The molecule has 1 heterocycles. The van der Waals surface area contributed by atoms with E-state index in [1.165, 1.54) is 0 Å². The van der Waals surface area contributed by atoms with E-state index >= 15 is 0 Å². The summed E-state index contributed by atoms with van der Waals surface area (Å²) in [5.41, 5.74) is 0. The van der Waals surface area contributed by atoms with Crippen molar-refractivity contribution < 1.29 is 19.4 Å². The Morgan fingerprint density at radius 1 is 1.62 bits per heavy atom. The van der Waals surface area contributed by atoms with E-state index in [4.69, 9.17) is 14.6 Å². The number of hydrogen-bond donors (Lipinski definition) is 2. The largest absolute Gasteiger partial charge is 0.465 e. The summed E-state index contributed by atoms with van der Waals surface area (Å²) in [5, 5.41) is 10.9. The third-order valence-electron chi connectivity index (χ3n) is 2.45. The average molecular weight is 249 g/mol. The van der Waals surface area contributed by atoms with Crippen molar-refractivity contribution in [1.82, 2.24) is 5.32 Å². The van der Waals surface area contributed by atoms with Crippen LogP contribution in [0.2, 0.25) is 0 Å². The lowest BCUT2D eigenvalue weighted by molar-refractivity contribution is -0.286. The van der Waals surface area contributed by atoms with Crippen LogP contribution in [-0.2, 0) is 9.47 Å². The number of rotatable bonds is 4. The van der Waals surface area contributed by atoms with E-state index in [2.05, 4.69) is 5.32 Å². The van der Waals surface area contributed by atoms with Crippen molar-refractivity contribution in [3.8, 4) is 0 Å². The Morgan fingerprint density at radius 2 is 2.31 bits per heavy atom. The summed E-state index contributed by atoms with van der Waals surface area (Å²) in [6, 6.07) is 0. The lowest BCUT2D eigenvalue weighted by Gasteiger charge is -2.40. The summed E-state index contributed by atoms with van der Waals surface area (Å²) in [6.07, 6.45) is 1.03. The topological polar surface area (TPSA) is 67.8 Å². The van der Waals surface area contributed by atoms with Crippen LogP contribution in [0.5, 0.6) is 0 Å². The molecule has 0 spiro atoms. The summed E-state index contributed by atoms with van der Waals surface area (Å²) >= 11 is 1.69. The molecule has 0 aromatic rings. The van der Waals surface area contributed by atoms with Gasteiger partial charge in [-0.2, -0.15) is 11.8 Å². The highest BCUT2D eigenvalue weighted by Gasteiger charge is 2.36. The number of nitrogens with one attached hydrogen (secondary N) is 1. The first-order valence-electron chi connectivity index (χ1n) is 5.22. The van der Waals surface area contributed by atoms with Gasteiger partial charge in [0.2, 0.25) is 0 Å². The Bertz CT molecular complexity index is 247. The van der Waals surface area contributed by atoms with E-state index < -0.39 is 11.9 Å². The molecular weight excluding hydrogens is 230 g/mol. The molecule has 1 saturated heterocycles. The van der Waals surface area contributed by atoms with E-state index in [1.807, 2.05) is 20.1 Å². The van der Waals surface area contributed by atoms with Crippen LogP contribution in [0, 0.1) is 5.92 Å². The van der Waals surface area contributed by atoms with Crippen LogP contribution in [0.25, 0.3) is 0 Å². The van der Waals surface area contributed by atoms with Crippen LogP contribution in [0.4, 0.5) is 4.79 Å². The van der Waals surface area contributed by atoms with Crippen molar-refractivity contribution in [2.75, 3.05) is 25.2 Å². The van der Waals surface area contributed by atoms with Crippen molar-refractivity contribution in [3.05, 3.63) is 0 Å². The predicted octanol–water partition coefficient (Wildman–Crippen LogP) is 1.38. The molecule has 0 saturated carbocycles. The lowest BCUT2D eigenvalue weighted by atomic mass is 10.0. The van der Waals surface area contributed by atoms with Crippen molar-refractivity contribution in [2.45, 2.75) is 25.7 Å². The summed E-state index contributed by atoms with van der Waals surface area (Å²) in [4.78, 5) is 10.4. The fraction of sp³-hybridized carbons (Fsp3) is 0.900. The highest BCUT2D eigenvalue weighted by atomic mass is 32.2. The van der Waals surface area contributed by atoms with Gasteiger partial charge in [0.15, 0.2) is 5.79 Å². The highest BCUT2D eigenvalue weighted by Crippen LogP contribution is 2.27. The predicted molar refractivity (Wildman–Crippen MR) is 62.8 cm³/mol. The van der Waals surface area contributed by atoms with Gasteiger partial charge >= 0.3 is 6.09 Å². The minimum Gasteiger partial charge on any atom is -0.465 e. The third-order valence-corrected chi connectivity index (χ3v) is 3.11. The number of hydrogen-bond acceptors (Lipinski definition) is 4. The van der Waals surface area contributed by atoms with Crippen LogP contribution in [0.15, 0.2) is 0 Å². The molecule has 2 unspecified atom stereocenters. The van der Waals surface area contributed by atoms with E-state index in [0.717, 1.165) is 5.75 Å². The molecule has 0 radical (unpaired) electrons. The van der Waals surface area contributed by atoms with E-state index in [0.29, 0.717) is 13.2 Å². The maximum absolute atomic E-state index is 10.4. The first-order valence-corrected chi connectivity index (χ1v) is 6.61. The second-order valence-corrected chi connectivity index (χ2v) is 5.18. The quantitative estimate of drug-likeness (QED) is 0.788. The number of carboxylic acid groups (broad SMARTS) is 1. The minimum absolute atomic E-state index is 0.0330. The van der Waals surface area contributed by atoms with Crippen molar-refractivity contribution in [2.24, 2.45) is 5.92 Å². The Hall–Kier alpha value is -0.460. The van der Waals surface area contributed by atoms with Crippen molar-refractivity contribution >= 4 is 17.9 Å². The molecule has 5 nitrogen and oxygen atoms in total. The maximum atomic E-state index is 10.4. The second kappa shape index (κ2) is 5.75. The summed E-state index contributed by atoms with van der Waals surface area (Å²) in [5.74, 6) is 0.357. The fourth-order valence-electron chi connectivity index (χ4n) is 1.65. The molecule has 0 aliphatic carbocycles. The number of ether oxygens (including phenoxy) is 2. The first-order chi connectivity index (χ1) is 7.44. The molecule has 0 aromatic heterocycles. The van der Waals surface area contributed by atoms with E-state index in [1.54, 1.807) is 11.8 Å². The van der Waals surface area contributed by atoms with Gasteiger partial charge < -0.3 is 19.9 Å². The average Bonchev–Trinajstić information content (AvgIpc) is 2.15. The molecule has 1 aliphatic heterocycles. The third kappa shape index (κ3) is 4.19. The molecule has 2 N–H and O–H groups in total. The van der Waals surface area contributed by atoms with Crippen LogP contribution < -0.4 is 5.32 Å². The summed E-state index contributed by atoms with van der Waals surface area (Å²) in [7, 11) is 0. The van der Waals surface area contributed by atoms with Gasteiger partial charge in [0, 0.05) is 18.2 Å². The number of thioether (sulfide) groups is 1. The molecule has 94 valence electrons. The van der Waals surface area contributed by atoms with Gasteiger partial charge in [-0.05, 0) is 20.1 Å². The number of carbonyl (C=O) groups is 1. The zero-order valence-electron chi connectivity index (χ0n) is 9.86. The monoisotopic (exact) mass is 249 g/mol. The standard InChI is InChI=1S/C10H19NO4S/c1-10(2)14-5-7(4-11-9(12)13)8(15-10)6-16-3/h7-8,11H,4-6H2,1-3H3,(H,12,13). The van der Waals surface area contributed by atoms with Gasteiger partial charge in [0.25, 0.3) is 0 Å². The molecule has 0 bridgehead atoms. The molecule has 2 atom stereocenters. The Balaban J connectivity index is 2.51. The van der Waals surface area contributed by atoms with E-state index in [-0.39, 0.29) is 12.0 Å². The lowest BCUT2D eigenvalue weighted by Crippen LogP contribution is -2.50. The van der Waals surface area contributed by atoms with Crippen LogP contribution in [0.1, 0.15) is 13.8 Å². The highest BCUT2D eigenvalue weighted by molar-refractivity contribution is 7.98. The molecule has 16 heavy (non-hydrogen) atoms. The minimum atomic E-state index is -1.01. The van der Waals surface area contributed by atoms with Gasteiger partial charge in [-0.1, -0.05) is 0 Å². The van der Waals surface area contributed by atoms with Crippen LogP contribution in [-0.4, -0.2) is 48.3 Å². The maximum Gasteiger partial charge on any atom is 0.404 e. The summed E-state index contributed by atoms with van der Waals surface area (Å²) in [6.45, 7) is 4.65. The molecule has 1 amide bonds. The van der Waals surface area contributed by atoms with Gasteiger partial charge in [-0.15, -0.1) is 0 Å². The molecule has 6 heteroatoms. The van der Waals surface area contributed by atoms with Crippen molar-refractivity contribution in [1.29, 1.82) is 0 Å². The first kappa shape index (κ1) is 13.6. The van der Waals surface area contributed by atoms with Crippen molar-refractivity contribution in [3.63, 3.8) is 0 Å². The second-order valence-electron chi connectivity index (χ2n) is 4.27. The molecule has 0 aromatic carbocycles.